The molecule has 0 saturated carbocycles. The molecule has 0 amide bonds. The first-order chi connectivity index (χ1) is 31.5. The summed E-state index contributed by atoms with van der Waals surface area (Å²) in [6.07, 6.45) is 0. The number of pyridine rings is 1. The Balaban J connectivity index is 1.12. The van der Waals surface area contributed by atoms with Crippen molar-refractivity contribution in [1.29, 1.82) is 0 Å². The summed E-state index contributed by atoms with van der Waals surface area (Å²) in [5.41, 5.74) is 18.7. The van der Waals surface area contributed by atoms with Gasteiger partial charge in [0.05, 0.1) is 16.8 Å². The fourth-order valence-corrected chi connectivity index (χ4v) is 11.7. The summed E-state index contributed by atoms with van der Waals surface area (Å²) in [6.45, 7) is 4.79. The SMILES string of the molecule is CC1(C)c2ccccc2C2(c3ccc(-c4ccc5c6ccccc6c6ccccc6c5c4)cc3-c3c(-c4cc(-c5ccccc5)cc(-c5ccccc5)n4)cccc32)c2ccccc21. The second-order valence-electron chi connectivity index (χ2n) is 18.2. The molecule has 0 unspecified atom stereocenters. The predicted molar refractivity (Wildman–Crippen MR) is 268 cm³/mol. The van der Waals surface area contributed by atoms with Gasteiger partial charge >= 0.3 is 0 Å². The monoisotopic (exact) mass is 813 g/mol. The third-order valence-corrected chi connectivity index (χ3v) is 14.5. The quantitative estimate of drug-likeness (QED) is 0.161. The van der Waals surface area contributed by atoms with Gasteiger partial charge in [0.1, 0.15) is 0 Å². The molecule has 1 heteroatoms. The van der Waals surface area contributed by atoms with Crippen LogP contribution >= 0.6 is 0 Å². The number of rotatable bonds is 4. The topological polar surface area (TPSA) is 12.9 Å². The van der Waals surface area contributed by atoms with Gasteiger partial charge in [-0.15, -0.1) is 0 Å². The lowest BCUT2D eigenvalue weighted by Crippen LogP contribution is -2.40. The number of hydrogen-bond donors (Lipinski definition) is 0. The number of aromatic nitrogens is 1. The van der Waals surface area contributed by atoms with Gasteiger partial charge in [0.15, 0.2) is 0 Å². The summed E-state index contributed by atoms with van der Waals surface area (Å²) in [7, 11) is 0. The standard InChI is InChI=1S/C63H43N/c1-62(2)54-27-13-15-29-56(54)63(57-30-16-14-28-55(57)62)53-35-33-43(42-32-34-49-47-24-10-9-22-45(47)46-23-11-12-25-48(46)51(49)36-42)37-52(53)61-50(26-17-31-58(61)63)60-39-44(40-18-5-3-6-19-40)38-59(64-60)41-20-7-4-8-21-41/h3-39H,1-2H3. The van der Waals surface area contributed by atoms with Crippen molar-refractivity contribution >= 4 is 32.3 Å². The maximum Gasteiger partial charge on any atom is 0.0722 e. The van der Waals surface area contributed by atoms with E-state index in [2.05, 4.69) is 238 Å². The van der Waals surface area contributed by atoms with E-state index in [1.54, 1.807) is 0 Å². The molecule has 0 fully saturated rings. The fourth-order valence-electron chi connectivity index (χ4n) is 11.7. The Morgan fingerprint density at radius 1 is 0.281 bits per heavy atom. The Hall–Kier alpha value is -7.87. The van der Waals surface area contributed by atoms with Crippen LogP contribution in [0.3, 0.4) is 0 Å². The Morgan fingerprint density at radius 3 is 1.41 bits per heavy atom. The zero-order valence-corrected chi connectivity index (χ0v) is 35.8. The Morgan fingerprint density at radius 2 is 0.766 bits per heavy atom. The highest BCUT2D eigenvalue weighted by Gasteiger charge is 2.53. The molecule has 300 valence electrons. The summed E-state index contributed by atoms with van der Waals surface area (Å²) >= 11 is 0. The molecule has 1 nitrogen and oxygen atoms in total. The second-order valence-corrected chi connectivity index (χ2v) is 18.2. The molecule has 64 heavy (non-hydrogen) atoms. The van der Waals surface area contributed by atoms with E-state index in [9.17, 15) is 0 Å². The molecule has 0 radical (unpaired) electrons. The van der Waals surface area contributed by atoms with Crippen molar-refractivity contribution in [2.45, 2.75) is 24.7 Å². The van der Waals surface area contributed by atoms with Gasteiger partial charge in [-0.25, -0.2) is 4.98 Å². The van der Waals surface area contributed by atoms with Crippen molar-refractivity contribution in [3.8, 4) is 55.9 Å². The molecular weight excluding hydrogens is 771 g/mol. The van der Waals surface area contributed by atoms with Crippen LogP contribution in [0.15, 0.2) is 224 Å². The molecule has 0 aliphatic heterocycles. The maximum atomic E-state index is 5.56. The van der Waals surface area contributed by atoms with E-state index in [1.165, 1.54) is 93.5 Å². The van der Waals surface area contributed by atoms with Gasteiger partial charge < -0.3 is 0 Å². The molecule has 1 heterocycles. The molecule has 13 rings (SSSR count). The third kappa shape index (κ3) is 5.16. The smallest absolute Gasteiger partial charge is 0.0722 e. The Labute approximate surface area is 374 Å². The minimum absolute atomic E-state index is 0.187. The molecule has 1 spiro atoms. The van der Waals surface area contributed by atoms with Gasteiger partial charge in [-0.1, -0.05) is 214 Å². The van der Waals surface area contributed by atoms with Crippen molar-refractivity contribution in [2.24, 2.45) is 0 Å². The average Bonchev–Trinajstić information content (AvgIpc) is 3.66. The molecule has 10 aromatic carbocycles. The summed E-state index contributed by atoms with van der Waals surface area (Å²) in [5, 5.41) is 7.70. The van der Waals surface area contributed by atoms with Gasteiger partial charge in [0, 0.05) is 16.5 Å². The summed E-state index contributed by atoms with van der Waals surface area (Å²) < 4.78 is 0. The minimum Gasteiger partial charge on any atom is -0.248 e. The van der Waals surface area contributed by atoms with Crippen molar-refractivity contribution in [3.63, 3.8) is 0 Å². The molecule has 1 aromatic heterocycles. The molecule has 0 atom stereocenters. The second kappa shape index (κ2) is 13.8. The predicted octanol–water partition coefficient (Wildman–Crippen LogP) is 16.2. The van der Waals surface area contributed by atoms with Crippen LogP contribution in [0.25, 0.3) is 88.2 Å². The lowest BCUT2D eigenvalue weighted by molar-refractivity contribution is 0.563. The zero-order valence-electron chi connectivity index (χ0n) is 35.8. The van der Waals surface area contributed by atoms with E-state index in [-0.39, 0.29) is 5.41 Å². The lowest BCUT2D eigenvalue weighted by Gasteiger charge is -2.46. The summed E-state index contributed by atoms with van der Waals surface area (Å²) in [4.78, 5) is 5.56. The number of benzene rings is 10. The molecule has 0 bridgehead atoms. The highest BCUT2D eigenvalue weighted by atomic mass is 14.7. The van der Waals surface area contributed by atoms with Gasteiger partial charge in [0.2, 0.25) is 0 Å². The van der Waals surface area contributed by atoms with Crippen LogP contribution in [0.4, 0.5) is 0 Å². The first kappa shape index (κ1) is 36.8. The molecular formula is C63H43N. The first-order valence-electron chi connectivity index (χ1n) is 22.5. The molecule has 2 aliphatic rings. The van der Waals surface area contributed by atoms with Crippen molar-refractivity contribution in [3.05, 3.63) is 258 Å². The molecule has 2 aliphatic carbocycles. The van der Waals surface area contributed by atoms with Gasteiger partial charge in [-0.05, 0) is 123 Å². The summed E-state index contributed by atoms with van der Waals surface area (Å²) in [6, 6.07) is 83.4. The maximum absolute atomic E-state index is 5.56. The van der Waals surface area contributed by atoms with E-state index in [1.807, 2.05) is 0 Å². The van der Waals surface area contributed by atoms with Crippen LogP contribution in [0, 0.1) is 0 Å². The first-order valence-corrected chi connectivity index (χ1v) is 22.5. The normalized spacial score (nSPS) is 14.0. The molecule has 0 saturated heterocycles. The van der Waals surface area contributed by atoms with Crippen LogP contribution < -0.4 is 0 Å². The minimum atomic E-state index is -0.542. The van der Waals surface area contributed by atoms with Crippen LogP contribution in [0.2, 0.25) is 0 Å². The van der Waals surface area contributed by atoms with Crippen molar-refractivity contribution in [2.75, 3.05) is 0 Å². The van der Waals surface area contributed by atoms with Crippen LogP contribution in [-0.4, -0.2) is 4.98 Å². The molecule has 11 aromatic rings. The van der Waals surface area contributed by atoms with E-state index in [0.717, 1.165) is 28.1 Å². The highest BCUT2D eigenvalue weighted by Crippen LogP contribution is 2.63. The van der Waals surface area contributed by atoms with Crippen LogP contribution in [0.1, 0.15) is 47.2 Å². The summed E-state index contributed by atoms with van der Waals surface area (Å²) in [5.74, 6) is 0. The number of nitrogens with zero attached hydrogens (tertiary/aromatic N) is 1. The van der Waals surface area contributed by atoms with Crippen molar-refractivity contribution in [1.82, 2.24) is 4.98 Å². The van der Waals surface area contributed by atoms with Crippen LogP contribution in [-0.2, 0) is 10.8 Å². The van der Waals surface area contributed by atoms with Crippen LogP contribution in [0.5, 0.6) is 0 Å². The average molecular weight is 814 g/mol. The highest BCUT2D eigenvalue weighted by molar-refractivity contribution is 6.25. The number of hydrogen-bond acceptors (Lipinski definition) is 1. The zero-order chi connectivity index (χ0) is 42.6. The Kier molecular flexibility index (Phi) is 7.93. The van der Waals surface area contributed by atoms with E-state index in [4.69, 9.17) is 4.98 Å². The third-order valence-electron chi connectivity index (χ3n) is 14.5. The lowest BCUT2D eigenvalue weighted by atomic mass is 9.55. The Bertz CT molecular complexity index is 3550. The van der Waals surface area contributed by atoms with Gasteiger partial charge in [-0.2, -0.15) is 0 Å². The largest absolute Gasteiger partial charge is 0.248 e. The number of fused-ring (bicyclic) bond motifs is 15. The van der Waals surface area contributed by atoms with E-state index < -0.39 is 5.41 Å². The fraction of sp³-hybridized carbons (Fsp3) is 0.0635. The van der Waals surface area contributed by atoms with Crippen molar-refractivity contribution < 1.29 is 0 Å². The van der Waals surface area contributed by atoms with Gasteiger partial charge in [0.25, 0.3) is 0 Å². The van der Waals surface area contributed by atoms with Gasteiger partial charge in [-0.3, -0.25) is 0 Å². The van der Waals surface area contributed by atoms with E-state index in [0.29, 0.717) is 0 Å². The molecule has 0 N–H and O–H groups in total. The van der Waals surface area contributed by atoms with E-state index >= 15 is 0 Å².